The second kappa shape index (κ2) is 7.92. The van der Waals surface area contributed by atoms with Crippen LogP contribution in [0.3, 0.4) is 0 Å². The van der Waals surface area contributed by atoms with E-state index in [0.29, 0.717) is 0 Å². The van der Waals surface area contributed by atoms with Gasteiger partial charge in [0, 0.05) is 57.6 Å². The molecule has 2 rings (SSSR count). The number of piperazine rings is 1. The van der Waals surface area contributed by atoms with E-state index in [1.165, 1.54) is 24.1 Å². The van der Waals surface area contributed by atoms with Crippen LogP contribution in [-0.4, -0.2) is 57.4 Å². The Kier molecular flexibility index (Phi) is 6.20. The number of hydrogen-bond donors (Lipinski definition) is 1. The molecule has 22 heavy (non-hydrogen) atoms. The highest BCUT2D eigenvalue weighted by atomic mass is 32.1. The molecule has 1 fully saturated rings. The van der Waals surface area contributed by atoms with E-state index in [-0.39, 0.29) is 0 Å². The molecule has 0 bridgehead atoms. The Morgan fingerprint density at radius 2 is 1.91 bits per heavy atom. The van der Waals surface area contributed by atoms with Crippen LogP contribution in [0.1, 0.15) is 36.7 Å². The second-order valence-corrected chi connectivity index (χ2v) is 6.51. The molecule has 1 aromatic rings. The minimum absolute atomic E-state index is 0.918. The summed E-state index contributed by atoms with van der Waals surface area (Å²) in [4.78, 5) is 4.80. The standard InChI is InChI=1S/C16H29N5S/c1-5-6-7-17-16(22)21-10-8-20(9-11-21)12-15-13(2)18-19(4)14(15)3/h5-12H2,1-4H3,(H,17,22). The molecule has 0 spiro atoms. The van der Waals surface area contributed by atoms with Crippen LogP contribution in [0.2, 0.25) is 0 Å². The van der Waals surface area contributed by atoms with Gasteiger partial charge in [0.15, 0.2) is 5.11 Å². The second-order valence-electron chi connectivity index (χ2n) is 6.12. The van der Waals surface area contributed by atoms with E-state index in [1.807, 2.05) is 11.7 Å². The topological polar surface area (TPSA) is 36.3 Å². The third-order valence-corrected chi connectivity index (χ3v) is 4.91. The molecule has 0 amide bonds. The quantitative estimate of drug-likeness (QED) is 0.661. The molecule has 2 heterocycles. The largest absolute Gasteiger partial charge is 0.363 e. The first-order chi connectivity index (χ1) is 10.5. The molecule has 1 aliphatic heterocycles. The molecule has 124 valence electrons. The van der Waals surface area contributed by atoms with Crippen LogP contribution >= 0.6 is 12.2 Å². The van der Waals surface area contributed by atoms with Crippen molar-refractivity contribution in [2.24, 2.45) is 7.05 Å². The number of thiocarbonyl (C=S) groups is 1. The van der Waals surface area contributed by atoms with E-state index in [9.17, 15) is 0 Å². The monoisotopic (exact) mass is 323 g/mol. The van der Waals surface area contributed by atoms with E-state index in [0.717, 1.165) is 50.1 Å². The van der Waals surface area contributed by atoms with Gasteiger partial charge in [0.25, 0.3) is 0 Å². The number of nitrogens with one attached hydrogen (secondary N) is 1. The van der Waals surface area contributed by atoms with Gasteiger partial charge in [-0.15, -0.1) is 0 Å². The average Bonchev–Trinajstić information content (AvgIpc) is 2.74. The van der Waals surface area contributed by atoms with Crippen molar-refractivity contribution >= 4 is 17.3 Å². The molecule has 0 radical (unpaired) electrons. The first-order valence-electron chi connectivity index (χ1n) is 8.27. The van der Waals surface area contributed by atoms with Gasteiger partial charge in [-0.2, -0.15) is 5.10 Å². The predicted molar refractivity (Wildman–Crippen MR) is 95.0 cm³/mol. The highest BCUT2D eigenvalue weighted by Gasteiger charge is 2.20. The number of hydrogen-bond acceptors (Lipinski definition) is 3. The fourth-order valence-corrected chi connectivity index (χ4v) is 3.15. The van der Waals surface area contributed by atoms with Crippen molar-refractivity contribution in [2.75, 3.05) is 32.7 Å². The Labute approximate surface area is 139 Å². The zero-order valence-electron chi connectivity index (χ0n) is 14.4. The van der Waals surface area contributed by atoms with Crippen LogP contribution < -0.4 is 5.32 Å². The third-order valence-electron chi connectivity index (χ3n) is 4.51. The van der Waals surface area contributed by atoms with E-state index in [1.54, 1.807) is 0 Å². The van der Waals surface area contributed by atoms with Crippen molar-refractivity contribution in [1.82, 2.24) is 24.9 Å². The lowest BCUT2D eigenvalue weighted by Crippen LogP contribution is -2.51. The maximum atomic E-state index is 5.48. The van der Waals surface area contributed by atoms with Crippen molar-refractivity contribution in [2.45, 2.75) is 40.2 Å². The van der Waals surface area contributed by atoms with E-state index in [2.05, 4.69) is 41.0 Å². The third kappa shape index (κ3) is 4.20. The summed E-state index contributed by atoms with van der Waals surface area (Å²) in [6.45, 7) is 12.6. The molecular weight excluding hydrogens is 294 g/mol. The van der Waals surface area contributed by atoms with Gasteiger partial charge < -0.3 is 10.2 Å². The number of aromatic nitrogens is 2. The molecule has 1 aliphatic rings. The van der Waals surface area contributed by atoms with Crippen LogP contribution in [0.25, 0.3) is 0 Å². The Morgan fingerprint density at radius 3 is 2.45 bits per heavy atom. The summed E-state index contributed by atoms with van der Waals surface area (Å²) in [5.41, 5.74) is 3.80. The summed E-state index contributed by atoms with van der Waals surface area (Å²) in [6.07, 6.45) is 2.38. The molecule has 0 saturated carbocycles. The van der Waals surface area contributed by atoms with E-state index < -0.39 is 0 Å². The lowest BCUT2D eigenvalue weighted by Gasteiger charge is -2.36. The van der Waals surface area contributed by atoms with Crippen LogP contribution in [0, 0.1) is 13.8 Å². The van der Waals surface area contributed by atoms with Crippen molar-refractivity contribution in [3.8, 4) is 0 Å². The van der Waals surface area contributed by atoms with Gasteiger partial charge in [-0.05, 0) is 32.5 Å². The lowest BCUT2D eigenvalue weighted by molar-refractivity contribution is 0.174. The van der Waals surface area contributed by atoms with Gasteiger partial charge in [-0.3, -0.25) is 9.58 Å². The van der Waals surface area contributed by atoms with Crippen LogP contribution in [0.5, 0.6) is 0 Å². The maximum absolute atomic E-state index is 5.48. The zero-order valence-corrected chi connectivity index (χ0v) is 15.2. The fraction of sp³-hybridized carbons (Fsp3) is 0.750. The lowest BCUT2D eigenvalue weighted by atomic mass is 10.1. The number of nitrogens with zero attached hydrogens (tertiary/aromatic N) is 4. The molecule has 5 nitrogen and oxygen atoms in total. The van der Waals surface area contributed by atoms with Crippen LogP contribution in [-0.2, 0) is 13.6 Å². The Hall–Kier alpha value is -1.14. The van der Waals surface area contributed by atoms with E-state index in [4.69, 9.17) is 12.2 Å². The first-order valence-corrected chi connectivity index (χ1v) is 8.68. The minimum atomic E-state index is 0.918. The smallest absolute Gasteiger partial charge is 0.169 e. The number of rotatable bonds is 5. The molecule has 1 N–H and O–H groups in total. The van der Waals surface area contributed by atoms with Crippen LogP contribution in [0.15, 0.2) is 0 Å². The summed E-state index contributed by atoms with van der Waals surface area (Å²) in [5, 5.41) is 8.79. The molecular formula is C16H29N5S. The number of aryl methyl sites for hydroxylation is 2. The molecule has 0 atom stereocenters. The van der Waals surface area contributed by atoms with Crippen molar-refractivity contribution in [3.63, 3.8) is 0 Å². The van der Waals surface area contributed by atoms with Gasteiger partial charge in [-0.25, -0.2) is 0 Å². The Morgan fingerprint density at radius 1 is 1.23 bits per heavy atom. The molecule has 0 aliphatic carbocycles. The summed E-state index contributed by atoms with van der Waals surface area (Å²) in [6, 6.07) is 0. The van der Waals surface area contributed by atoms with Crippen molar-refractivity contribution in [3.05, 3.63) is 17.0 Å². The molecule has 6 heteroatoms. The minimum Gasteiger partial charge on any atom is -0.363 e. The van der Waals surface area contributed by atoms with Gasteiger partial charge in [0.1, 0.15) is 0 Å². The van der Waals surface area contributed by atoms with Gasteiger partial charge in [0.2, 0.25) is 0 Å². The zero-order chi connectivity index (χ0) is 16.1. The van der Waals surface area contributed by atoms with Gasteiger partial charge in [-0.1, -0.05) is 13.3 Å². The molecule has 0 aromatic carbocycles. The van der Waals surface area contributed by atoms with Gasteiger partial charge >= 0.3 is 0 Å². The average molecular weight is 324 g/mol. The number of unbranched alkanes of at least 4 members (excludes halogenated alkanes) is 1. The fourth-order valence-electron chi connectivity index (χ4n) is 2.86. The molecule has 1 saturated heterocycles. The highest BCUT2D eigenvalue weighted by molar-refractivity contribution is 7.80. The predicted octanol–water partition coefficient (Wildman–Crippen LogP) is 1.83. The summed E-state index contributed by atoms with van der Waals surface area (Å²) < 4.78 is 1.98. The molecule has 0 unspecified atom stereocenters. The molecule has 1 aromatic heterocycles. The Balaban J connectivity index is 1.81. The van der Waals surface area contributed by atoms with E-state index >= 15 is 0 Å². The van der Waals surface area contributed by atoms with Gasteiger partial charge in [0.05, 0.1) is 5.69 Å². The first kappa shape index (κ1) is 17.2. The summed E-state index contributed by atoms with van der Waals surface area (Å²) in [7, 11) is 2.02. The highest BCUT2D eigenvalue weighted by Crippen LogP contribution is 2.16. The SMILES string of the molecule is CCCCNC(=S)N1CCN(Cc2c(C)nn(C)c2C)CC1. The summed E-state index contributed by atoms with van der Waals surface area (Å²) in [5.74, 6) is 0. The van der Waals surface area contributed by atoms with Crippen molar-refractivity contribution in [1.29, 1.82) is 0 Å². The Bertz CT molecular complexity index is 503. The maximum Gasteiger partial charge on any atom is 0.169 e. The normalized spacial score (nSPS) is 16.1. The summed E-state index contributed by atoms with van der Waals surface area (Å²) >= 11 is 5.48. The van der Waals surface area contributed by atoms with Crippen LogP contribution in [0.4, 0.5) is 0 Å². The van der Waals surface area contributed by atoms with Crippen molar-refractivity contribution < 1.29 is 0 Å².